The molecule has 0 saturated carbocycles. The predicted molar refractivity (Wildman–Crippen MR) is 96.3 cm³/mol. The molecule has 26 heavy (non-hydrogen) atoms. The van der Waals surface area contributed by atoms with Gasteiger partial charge >= 0.3 is 0 Å². The number of aryl methyl sites for hydroxylation is 2. The third-order valence-corrected chi connectivity index (χ3v) is 4.31. The van der Waals surface area contributed by atoms with Gasteiger partial charge in [-0.2, -0.15) is 0 Å². The maximum absolute atomic E-state index is 14.5. The van der Waals surface area contributed by atoms with Gasteiger partial charge in [-0.05, 0) is 41.8 Å². The first-order valence-corrected chi connectivity index (χ1v) is 8.20. The molecule has 2 aromatic carbocycles. The SMILES string of the molecule is CCc1ccc(C(=O)c2ccc(F)cc2)c(-c2cn(C)c(=O)cc2F)c1. The fourth-order valence-electron chi connectivity index (χ4n) is 2.79. The average Bonchev–Trinajstić information content (AvgIpc) is 2.64. The van der Waals surface area contributed by atoms with Gasteiger partial charge in [0, 0.05) is 36.0 Å². The summed E-state index contributed by atoms with van der Waals surface area (Å²) in [5.41, 5.74) is 1.65. The number of benzene rings is 2. The number of nitrogens with zero attached hydrogens (tertiary/aromatic N) is 1. The highest BCUT2D eigenvalue weighted by molar-refractivity contribution is 6.12. The van der Waals surface area contributed by atoms with Gasteiger partial charge < -0.3 is 4.57 Å². The average molecular weight is 353 g/mol. The summed E-state index contributed by atoms with van der Waals surface area (Å²) in [4.78, 5) is 24.5. The van der Waals surface area contributed by atoms with Crippen LogP contribution in [0.15, 0.2) is 59.5 Å². The van der Waals surface area contributed by atoms with E-state index in [-0.39, 0.29) is 11.3 Å². The van der Waals surface area contributed by atoms with E-state index in [0.29, 0.717) is 23.1 Å². The van der Waals surface area contributed by atoms with E-state index < -0.39 is 17.2 Å². The van der Waals surface area contributed by atoms with Crippen molar-refractivity contribution in [2.75, 3.05) is 0 Å². The minimum atomic E-state index is -0.686. The van der Waals surface area contributed by atoms with Crippen LogP contribution in [0.3, 0.4) is 0 Å². The lowest BCUT2D eigenvalue weighted by Crippen LogP contribution is -2.16. The van der Waals surface area contributed by atoms with Crippen LogP contribution in [-0.4, -0.2) is 10.4 Å². The standard InChI is InChI=1S/C21H17F2NO2/c1-3-13-4-9-16(21(26)14-5-7-15(22)8-6-14)17(10-13)18-12-24(2)20(25)11-19(18)23/h4-12H,3H2,1-2H3. The molecule has 0 aliphatic heterocycles. The fourth-order valence-corrected chi connectivity index (χ4v) is 2.79. The number of hydrogen-bond acceptors (Lipinski definition) is 2. The Morgan fingerprint density at radius 1 is 1.00 bits per heavy atom. The summed E-state index contributed by atoms with van der Waals surface area (Å²) in [6.45, 7) is 1.96. The van der Waals surface area contributed by atoms with Crippen LogP contribution < -0.4 is 5.56 Å². The van der Waals surface area contributed by atoms with Crippen molar-refractivity contribution in [3.05, 3.63) is 93.4 Å². The third kappa shape index (κ3) is 3.33. The monoisotopic (exact) mass is 353 g/mol. The summed E-state index contributed by atoms with van der Waals surface area (Å²) in [6, 6.07) is 11.3. The van der Waals surface area contributed by atoms with Gasteiger partial charge in [0.05, 0.1) is 0 Å². The van der Waals surface area contributed by atoms with Crippen molar-refractivity contribution in [2.24, 2.45) is 7.05 Å². The van der Waals surface area contributed by atoms with Gasteiger partial charge in [-0.3, -0.25) is 9.59 Å². The van der Waals surface area contributed by atoms with Crippen LogP contribution in [0.2, 0.25) is 0 Å². The molecule has 132 valence electrons. The summed E-state index contributed by atoms with van der Waals surface area (Å²) in [5, 5.41) is 0. The molecule has 3 rings (SSSR count). The normalized spacial score (nSPS) is 10.8. The molecule has 0 amide bonds. The lowest BCUT2D eigenvalue weighted by atomic mass is 9.92. The first-order valence-electron chi connectivity index (χ1n) is 8.20. The zero-order valence-electron chi connectivity index (χ0n) is 14.4. The largest absolute Gasteiger partial charge is 0.318 e. The number of hydrogen-bond donors (Lipinski definition) is 0. The Hall–Kier alpha value is -3.08. The smallest absolute Gasteiger partial charge is 0.253 e. The number of halogens is 2. The molecular formula is C21H17F2NO2. The summed E-state index contributed by atoms with van der Waals surface area (Å²) < 4.78 is 28.9. The Balaban J connectivity index is 2.21. The lowest BCUT2D eigenvalue weighted by molar-refractivity contribution is 0.103. The predicted octanol–water partition coefficient (Wildman–Crippen LogP) is 4.12. The zero-order valence-corrected chi connectivity index (χ0v) is 14.4. The van der Waals surface area contributed by atoms with Crippen molar-refractivity contribution in [3.63, 3.8) is 0 Å². The molecule has 0 aliphatic carbocycles. The first-order chi connectivity index (χ1) is 12.4. The quantitative estimate of drug-likeness (QED) is 0.662. The van der Waals surface area contributed by atoms with Crippen molar-refractivity contribution in [1.82, 2.24) is 4.57 Å². The summed E-state index contributed by atoms with van der Waals surface area (Å²) in [6.07, 6.45) is 2.10. The molecule has 0 bridgehead atoms. The van der Waals surface area contributed by atoms with E-state index in [2.05, 4.69) is 0 Å². The van der Waals surface area contributed by atoms with E-state index >= 15 is 0 Å². The Kier molecular flexibility index (Phi) is 4.80. The van der Waals surface area contributed by atoms with E-state index in [1.165, 1.54) is 42.1 Å². The lowest BCUT2D eigenvalue weighted by Gasteiger charge is -2.13. The van der Waals surface area contributed by atoms with E-state index in [1.807, 2.05) is 6.92 Å². The van der Waals surface area contributed by atoms with Crippen LogP contribution in [0.1, 0.15) is 28.4 Å². The van der Waals surface area contributed by atoms with Crippen LogP contribution in [0.25, 0.3) is 11.1 Å². The molecule has 0 radical (unpaired) electrons. The molecule has 3 aromatic rings. The molecule has 0 saturated heterocycles. The van der Waals surface area contributed by atoms with Gasteiger partial charge in [0.2, 0.25) is 0 Å². The van der Waals surface area contributed by atoms with Crippen molar-refractivity contribution < 1.29 is 13.6 Å². The maximum Gasteiger partial charge on any atom is 0.253 e. The Bertz CT molecular complexity index is 1040. The van der Waals surface area contributed by atoms with E-state index in [0.717, 1.165) is 11.6 Å². The second-order valence-corrected chi connectivity index (χ2v) is 6.05. The first kappa shape index (κ1) is 17.7. The van der Waals surface area contributed by atoms with E-state index in [4.69, 9.17) is 0 Å². The highest BCUT2D eigenvalue weighted by atomic mass is 19.1. The number of carbonyl (C=O) groups is 1. The van der Waals surface area contributed by atoms with Crippen LogP contribution in [0, 0.1) is 11.6 Å². The number of aromatic nitrogens is 1. The number of pyridine rings is 1. The van der Waals surface area contributed by atoms with E-state index in [9.17, 15) is 18.4 Å². The second kappa shape index (κ2) is 7.04. The topological polar surface area (TPSA) is 39.1 Å². The number of carbonyl (C=O) groups excluding carboxylic acids is 1. The van der Waals surface area contributed by atoms with Crippen molar-refractivity contribution in [3.8, 4) is 11.1 Å². The van der Waals surface area contributed by atoms with Gasteiger partial charge in [0.1, 0.15) is 11.6 Å². The molecule has 3 nitrogen and oxygen atoms in total. The molecule has 1 aromatic heterocycles. The van der Waals surface area contributed by atoms with Crippen molar-refractivity contribution in [2.45, 2.75) is 13.3 Å². The van der Waals surface area contributed by atoms with Crippen molar-refractivity contribution >= 4 is 5.78 Å². The fraction of sp³-hybridized carbons (Fsp3) is 0.143. The van der Waals surface area contributed by atoms with Gasteiger partial charge in [-0.1, -0.05) is 25.1 Å². The summed E-state index contributed by atoms with van der Waals surface area (Å²) in [5.74, 6) is -1.46. The summed E-state index contributed by atoms with van der Waals surface area (Å²) in [7, 11) is 1.52. The molecular weight excluding hydrogens is 336 g/mol. The highest BCUT2D eigenvalue weighted by Gasteiger charge is 2.18. The van der Waals surface area contributed by atoms with Crippen molar-refractivity contribution in [1.29, 1.82) is 0 Å². The van der Waals surface area contributed by atoms with Crippen LogP contribution >= 0.6 is 0 Å². The molecule has 0 unspecified atom stereocenters. The molecule has 0 aliphatic rings. The Labute approximate surface area is 149 Å². The van der Waals surface area contributed by atoms with Gasteiger partial charge in [0.25, 0.3) is 5.56 Å². The van der Waals surface area contributed by atoms with Gasteiger partial charge in [-0.15, -0.1) is 0 Å². The highest BCUT2D eigenvalue weighted by Crippen LogP contribution is 2.29. The second-order valence-electron chi connectivity index (χ2n) is 6.05. The van der Waals surface area contributed by atoms with Crippen LogP contribution in [-0.2, 0) is 13.5 Å². The number of rotatable bonds is 4. The molecule has 0 spiro atoms. The molecule has 0 fully saturated rings. The Morgan fingerprint density at radius 2 is 1.69 bits per heavy atom. The third-order valence-electron chi connectivity index (χ3n) is 4.31. The van der Waals surface area contributed by atoms with E-state index in [1.54, 1.807) is 18.2 Å². The molecule has 0 N–H and O–H groups in total. The maximum atomic E-state index is 14.5. The molecule has 5 heteroatoms. The van der Waals surface area contributed by atoms with Crippen LogP contribution in [0.4, 0.5) is 8.78 Å². The van der Waals surface area contributed by atoms with Gasteiger partial charge in [0.15, 0.2) is 5.78 Å². The van der Waals surface area contributed by atoms with Crippen LogP contribution in [0.5, 0.6) is 0 Å². The zero-order chi connectivity index (χ0) is 18.8. The molecule has 1 heterocycles. The minimum absolute atomic E-state index is 0.174. The minimum Gasteiger partial charge on any atom is -0.318 e. The summed E-state index contributed by atoms with van der Waals surface area (Å²) >= 11 is 0. The molecule has 0 atom stereocenters. The Morgan fingerprint density at radius 3 is 2.35 bits per heavy atom. The van der Waals surface area contributed by atoms with Gasteiger partial charge in [-0.25, -0.2) is 8.78 Å². The number of ketones is 1.